The van der Waals surface area contributed by atoms with Crippen molar-refractivity contribution in [1.82, 2.24) is 5.32 Å². The van der Waals surface area contributed by atoms with Gasteiger partial charge in [-0.1, -0.05) is 13.3 Å². The molecule has 0 spiro atoms. The van der Waals surface area contributed by atoms with Gasteiger partial charge >= 0.3 is 0 Å². The van der Waals surface area contributed by atoms with Crippen LogP contribution in [0.1, 0.15) is 56.4 Å². The summed E-state index contributed by atoms with van der Waals surface area (Å²) < 4.78 is 5.35. The summed E-state index contributed by atoms with van der Waals surface area (Å²) >= 11 is 1.85. The molecule has 4 unspecified atom stereocenters. The number of thiophene rings is 1. The molecule has 1 aromatic heterocycles. The number of fused-ring (bicyclic) bond motifs is 2. The molecule has 2 aliphatic rings. The summed E-state index contributed by atoms with van der Waals surface area (Å²) in [5.74, 6) is 4.04. The molecule has 0 aliphatic heterocycles. The van der Waals surface area contributed by atoms with Crippen molar-refractivity contribution in [2.24, 2.45) is 17.8 Å². The highest BCUT2D eigenvalue weighted by Crippen LogP contribution is 2.51. The van der Waals surface area contributed by atoms with Crippen molar-refractivity contribution >= 4 is 11.3 Å². The smallest absolute Gasteiger partial charge is 0.129 e. The molecular formula is C17H27NOS. The minimum Gasteiger partial charge on any atom is -0.496 e. The monoisotopic (exact) mass is 293 g/mol. The third kappa shape index (κ3) is 3.04. The zero-order valence-corrected chi connectivity index (χ0v) is 13.5. The lowest BCUT2D eigenvalue weighted by atomic mass is 9.84. The minimum atomic E-state index is 0.535. The van der Waals surface area contributed by atoms with Gasteiger partial charge in [0.15, 0.2) is 0 Å². The fourth-order valence-electron chi connectivity index (χ4n) is 4.21. The lowest BCUT2D eigenvalue weighted by molar-refractivity contribution is 0.280. The van der Waals surface area contributed by atoms with Crippen molar-refractivity contribution in [3.05, 3.63) is 16.3 Å². The predicted molar refractivity (Wildman–Crippen MR) is 85.5 cm³/mol. The largest absolute Gasteiger partial charge is 0.496 e. The molecule has 2 aliphatic carbocycles. The molecular weight excluding hydrogens is 266 g/mol. The van der Waals surface area contributed by atoms with E-state index in [1.54, 1.807) is 7.11 Å². The van der Waals surface area contributed by atoms with E-state index >= 15 is 0 Å². The van der Waals surface area contributed by atoms with Crippen LogP contribution in [0.5, 0.6) is 5.75 Å². The molecule has 20 heavy (non-hydrogen) atoms. The Morgan fingerprint density at radius 1 is 1.40 bits per heavy atom. The van der Waals surface area contributed by atoms with Gasteiger partial charge in [-0.3, -0.25) is 0 Å². The van der Waals surface area contributed by atoms with Gasteiger partial charge in [0.25, 0.3) is 0 Å². The van der Waals surface area contributed by atoms with Crippen LogP contribution < -0.4 is 10.1 Å². The number of methoxy groups -OCH3 is 1. The molecule has 0 aromatic carbocycles. The maximum absolute atomic E-state index is 5.35. The van der Waals surface area contributed by atoms with Crippen LogP contribution in [-0.4, -0.2) is 13.7 Å². The number of ether oxygens (including phenoxy) is 1. The summed E-state index contributed by atoms with van der Waals surface area (Å²) in [4.78, 5) is 1.46. The van der Waals surface area contributed by atoms with Crippen LogP contribution in [0.4, 0.5) is 0 Å². The zero-order valence-electron chi connectivity index (χ0n) is 12.7. The SMILES string of the molecule is CCCNC(CC1CC2CCC1C2)c1cc(OC)cs1. The number of hydrogen-bond acceptors (Lipinski definition) is 3. The van der Waals surface area contributed by atoms with E-state index in [1.807, 2.05) is 11.3 Å². The normalized spacial score (nSPS) is 29.8. The van der Waals surface area contributed by atoms with Crippen LogP contribution in [0.2, 0.25) is 0 Å². The summed E-state index contributed by atoms with van der Waals surface area (Å²) in [5.41, 5.74) is 0. The van der Waals surface area contributed by atoms with Crippen LogP contribution in [0, 0.1) is 17.8 Å². The Labute approximate surface area is 126 Å². The summed E-state index contributed by atoms with van der Waals surface area (Å²) in [6, 6.07) is 2.76. The summed E-state index contributed by atoms with van der Waals surface area (Å²) in [7, 11) is 1.76. The molecule has 1 aromatic rings. The Bertz CT molecular complexity index is 430. The molecule has 2 saturated carbocycles. The lowest BCUT2D eigenvalue weighted by Crippen LogP contribution is -2.25. The molecule has 3 rings (SSSR count). The van der Waals surface area contributed by atoms with Crippen molar-refractivity contribution in [2.45, 2.75) is 51.5 Å². The molecule has 3 heteroatoms. The summed E-state index contributed by atoms with van der Waals surface area (Å²) in [5, 5.41) is 5.90. The van der Waals surface area contributed by atoms with Gasteiger partial charge in [-0.2, -0.15) is 0 Å². The van der Waals surface area contributed by atoms with E-state index in [0.29, 0.717) is 6.04 Å². The molecule has 2 fully saturated rings. The molecule has 1 N–H and O–H groups in total. The first-order chi connectivity index (χ1) is 9.80. The van der Waals surface area contributed by atoms with Crippen molar-refractivity contribution < 1.29 is 4.74 Å². The molecule has 0 radical (unpaired) electrons. The van der Waals surface area contributed by atoms with Gasteiger partial charge in [0.2, 0.25) is 0 Å². The maximum Gasteiger partial charge on any atom is 0.129 e. The second kappa shape index (κ2) is 6.48. The Kier molecular flexibility index (Phi) is 4.67. The second-order valence-electron chi connectivity index (χ2n) is 6.57. The lowest BCUT2D eigenvalue weighted by Gasteiger charge is -2.27. The van der Waals surface area contributed by atoms with E-state index in [1.165, 1.54) is 43.4 Å². The maximum atomic E-state index is 5.35. The molecule has 2 nitrogen and oxygen atoms in total. The minimum absolute atomic E-state index is 0.535. The van der Waals surface area contributed by atoms with Crippen molar-refractivity contribution in [3.63, 3.8) is 0 Å². The number of nitrogens with one attached hydrogen (secondary N) is 1. The molecule has 112 valence electrons. The topological polar surface area (TPSA) is 21.3 Å². The fraction of sp³-hybridized carbons (Fsp3) is 0.765. The van der Waals surface area contributed by atoms with Gasteiger partial charge in [-0.05, 0) is 62.5 Å². The molecule has 4 atom stereocenters. The first-order valence-electron chi connectivity index (χ1n) is 8.16. The Balaban J connectivity index is 1.66. The van der Waals surface area contributed by atoms with Crippen molar-refractivity contribution in [3.8, 4) is 5.75 Å². The molecule has 2 bridgehead atoms. The average Bonchev–Trinajstić information content (AvgIpc) is 3.18. The highest BCUT2D eigenvalue weighted by atomic mass is 32.1. The highest BCUT2D eigenvalue weighted by Gasteiger charge is 2.40. The van der Waals surface area contributed by atoms with E-state index in [9.17, 15) is 0 Å². The quantitative estimate of drug-likeness (QED) is 0.792. The van der Waals surface area contributed by atoms with E-state index < -0.39 is 0 Å². The van der Waals surface area contributed by atoms with E-state index in [4.69, 9.17) is 4.74 Å². The van der Waals surface area contributed by atoms with Gasteiger partial charge in [0.1, 0.15) is 5.75 Å². The molecule has 1 heterocycles. The van der Waals surface area contributed by atoms with Gasteiger partial charge in [0, 0.05) is 16.3 Å². The first kappa shape index (κ1) is 14.4. The van der Waals surface area contributed by atoms with E-state index in [2.05, 4.69) is 23.7 Å². The van der Waals surface area contributed by atoms with Crippen molar-refractivity contribution in [1.29, 1.82) is 0 Å². The zero-order chi connectivity index (χ0) is 13.9. The van der Waals surface area contributed by atoms with Crippen LogP contribution in [-0.2, 0) is 0 Å². The van der Waals surface area contributed by atoms with Crippen LogP contribution in [0.25, 0.3) is 0 Å². The van der Waals surface area contributed by atoms with Gasteiger partial charge in [-0.15, -0.1) is 11.3 Å². The van der Waals surface area contributed by atoms with Gasteiger partial charge in [0.05, 0.1) is 7.11 Å². The summed E-state index contributed by atoms with van der Waals surface area (Å²) in [6.07, 6.45) is 8.52. The van der Waals surface area contributed by atoms with Gasteiger partial charge in [-0.25, -0.2) is 0 Å². The molecule has 0 saturated heterocycles. The fourth-order valence-corrected chi connectivity index (χ4v) is 5.16. The van der Waals surface area contributed by atoms with Crippen molar-refractivity contribution in [2.75, 3.05) is 13.7 Å². The average molecular weight is 293 g/mol. The van der Waals surface area contributed by atoms with E-state index in [-0.39, 0.29) is 0 Å². The second-order valence-corrected chi connectivity index (χ2v) is 7.51. The van der Waals surface area contributed by atoms with Crippen LogP contribution in [0.3, 0.4) is 0 Å². The Hall–Kier alpha value is -0.540. The number of rotatable bonds is 7. The Morgan fingerprint density at radius 3 is 2.90 bits per heavy atom. The number of hydrogen-bond donors (Lipinski definition) is 1. The first-order valence-corrected chi connectivity index (χ1v) is 9.04. The highest BCUT2D eigenvalue weighted by molar-refractivity contribution is 7.10. The summed E-state index contributed by atoms with van der Waals surface area (Å²) in [6.45, 7) is 3.36. The van der Waals surface area contributed by atoms with Crippen LogP contribution in [0.15, 0.2) is 11.4 Å². The van der Waals surface area contributed by atoms with Crippen LogP contribution >= 0.6 is 11.3 Å². The standard InChI is InChI=1S/C17H27NOS/c1-3-6-18-16(17-10-15(19-2)11-20-17)9-14-8-12-4-5-13(14)7-12/h10-14,16,18H,3-9H2,1-2H3. The van der Waals surface area contributed by atoms with E-state index in [0.717, 1.165) is 30.0 Å². The van der Waals surface area contributed by atoms with Gasteiger partial charge < -0.3 is 10.1 Å². The molecule has 0 amide bonds. The third-order valence-corrected chi connectivity index (χ3v) is 6.26. The third-order valence-electron chi connectivity index (χ3n) is 5.24. The Morgan fingerprint density at radius 2 is 2.30 bits per heavy atom. The predicted octanol–water partition coefficient (Wildman–Crippen LogP) is 4.62.